The summed E-state index contributed by atoms with van der Waals surface area (Å²) in [7, 11) is 5.20. The molecule has 1 aromatic rings. The summed E-state index contributed by atoms with van der Waals surface area (Å²) < 4.78 is 5.61. The second-order valence-corrected chi connectivity index (χ2v) is 9.53. The van der Waals surface area contributed by atoms with Crippen LogP contribution in [0, 0.1) is 0 Å². The number of para-hydroxylation sites is 1. The van der Waals surface area contributed by atoms with Gasteiger partial charge in [0.05, 0.1) is 13.0 Å². The van der Waals surface area contributed by atoms with Crippen molar-refractivity contribution >= 4 is 25.9 Å². The van der Waals surface area contributed by atoms with Crippen molar-refractivity contribution in [2.45, 2.75) is 19.8 Å². The van der Waals surface area contributed by atoms with Gasteiger partial charge in [-0.05, 0) is 30.1 Å². The van der Waals surface area contributed by atoms with Gasteiger partial charge in [0.1, 0.15) is 5.75 Å². The Labute approximate surface area is 120 Å². The molecule has 0 aliphatic rings. The van der Waals surface area contributed by atoms with Gasteiger partial charge < -0.3 is 9.84 Å². The quantitative estimate of drug-likeness (QED) is 0.704. The predicted octanol–water partition coefficient (Wildman–Crippen LogP) is 3.91. The Kier molecular flexibility index (Phi) is 7.10. The molecule has 0 aromatic heterocycles. The summed E-state index contributed by atoms with van der Waals surface area (Å²) >= 11 is 0. The summed E-state index contributed by atoms with van der Waals surface area (Å²) in [5.74, 6) is 2.38. The topological polar surface area (TPSA) is 46.5 Å². The number of ether oxygens (including phenoxy) is 1. The van der Waals surface area contributed by atoms with E-state index < -0.39 is 15.2 Å². The highest BCUT2D eigenvalue weighted by Gasteiger charge is 2.19. The summed E-state index contributed by atoms with van der Waals surface area (Å²) in [5.41, 5.74) is 0. The number of benzene rings is 1. The van der Waals surface area contributed by atoms with Crippen LogP contribution in [0.3, 0.4) is 0 Å². The van der Waals surface area contributed by atoms with Crippen LogP contribution in [0.15, 0.2) is 30.3 Å². The van der Waals surface area contributed by atoms with E-state index in [9.17, 15) is 4.79 Å². The van der Waals surface area contributed by atoms with Crippen molar-refractivity contribution in [2.24, 2.45) is 0 Å². The van der Waals surface area contributed by atoms with E-state index >= 15 is 0 Å². The Morgan fingerprint density at radius 1 is 1.32 bits per heavy atom. The molecular weight excluding hydrogens is 284 g/mol. The van der Waals surface area contributed by atoms with Gasteiger partial charge in [-0.3, -0.25) is 4.79 Å². The maximum Gasteiger partial charge on any atom is 0.304 e. The first-order chi connectivity index (χ1) is 9.06. The Bertz CT molecular complexity index is 386. The van der Waals surface area contributed by atoms with Crippen molar-refractivity contribution < 1.29 is 14.6 Å². The van der Waals surface area contributed by atoms with E-state index in [0.29, 0.717) is 12.4 Å². The largest absolute Gasteiger partial charge is 0.494 e. The van der Waals surface area contributed by atoms with Crippen molar-refractivity contribution in [3.63, 3.8) is 0 Å². The Hall–Kier alpha value is -0.870. The Morgan fingerprint density at radius 2 is 2.00 bits per heavy atom. The van der Waals surface area contributed by atoms with Gasteiger partial charge in [0.15, 0.2) is 0 Å². The van der Waals surface area contributed by atoms with Crippen LogP contribution in [0.4, 0.5) is 0 Å². The molecule has 0 heterocycles. The first-order valence-corrected chi connectivity index (χ1v) is 9.38. The molecule has 1 rings (SSSR count). The van der Waals surface area contributed by atoms with Crippen molar-refractivity contribution in [2.75, 3.05) is 23.9 Å². The minimum absolute atomic E-state index is 0.159. The minimum Gasteiger partial charge on any atom is -0.494 e. The van der Waals surface area contributed by atoms with E-state index in [-0.39, 0.29) is 6.42 Å². The molecule has 0 fully saturated rings. The van der Waals surface area contributed by atoms with Gasteiger partial charge in [-0.25, -0.2) is 0 Å². The Morgan fingerprint density at radius 3 is 2.58 bits per heavy atom. The molecule has 0 aliphatic heterocycles. The van der Waals surface area contributed by atoms with Crippen molar-refractivity contribution in [3.05, 3.63) is 30.3 Å². The fourth-order valence-corrected chi connectivity index (χ4v) is 4.20. The van der Waals surface area contributed by atoms with Crippen LogP contribution in [0.2, 0.25) is 0 Å². The SMILES string of the molecule is CCS(Cl)(CCCOc1ccccc1)CCC(=O)O. The number of rotatable bonds is 9. The highest BCUT2D eigenvalue weighted by Crippen LogP contribution is 2.53. The number of carbonyl (C=O) groups is 1. The van der Waals surface area contributed by atoms with Crippen LogP contribution >= 0.6 is 19.9 Å². The molecule has 1 unspecified atom stereocenters. The van der Waals surface area contributed by atoms with Gasteiger partial charge in [-0.1, -0.05) is 35.8 Å². The van der Waals surface area contributed by atoms with E-state index in [4.69, 9.17) is 20.5 Å². The van der Waals surface area contributed by atoms with Crippen LogP contribution in [-0.4, -0.2) is 34.9 Å². The standard InChI is InChI=1S/C14H21ClO3S/c1-2-19(15,12-9-14(16)17)11-6-10-18-13-7-4-3-5-8-13/h3-5,7-8H,2,6,9-12H2,1H3,(H,16,17). The minimum atomic E-state index is -1.32. The molecule has 3 nitrogen and oxygen atoms in total. The first-order valence-electron chi connectivity index (χ1n) is 6.41. The molecule has 0 saturated carbocycles. The van der Waals surface area contributed by atoms with Crippen molar-refractivity contribution in [1.29, 1.82) is 0 Å². The summed E-state index contributed by atoms with van der Waals surface area (Å²) in [6.07, 6.45) is 1.02. The molecule has 0 spiro atoms. The molecule has 1 aromatic carbocycles. The molecule has 19 heavy (non-hydrogen) atoms. The number of hydrogen-bond donors (Lipinski definition) is 1. The molecule has 1 atom stereocenters. The van der Waals surface area contributed by atoms with Gasteiger partial charge in [0.25, 0.3) is 0 Å². The predicted molar refractivity (Wildman–Crippen MR) is 82.5 cm³/mol. The summed E-state index contributed by atoms with van der Waals surface area (Å²) in [4.78, 5) is 10.6. The maximum atomic E-state index is 10.6. The van der Waals surface area contributed by atoms with Crippen LogP contribution < -0.4 is 4.74 Å². The van der Waals surface area contributed by atoms with Crippen LogP contribution in [0.25, 0.3) is 0 Å². The van der Waals surface area contributed by atoms with E-state index in [2.05, 4.69) is 0 Å². The van der Waals surface area contributed by atoms with E-state index in [1.165, 1.54) is 0 Å². The second kappa shape index (κ2) is 8.33. The summed E-state index contributed by atoms with van der Waals surface area (Å²) in [6, 6.07) is 9.66. The third-order valence-electron chi connectivity index (χ3n) is 2.87. The molecular formula is C14H21ClO3S. The molecule has 0 radical (unpaired) electrons. The number of aliphatic carboxylic acids is 1. The molecule has 0 aliphatic carbocycles. The monoisotopic (exact) mass is 304 g/mol. The normalized spacial score (nSPS) is 15.5. The summed E-state index contributed by atoms with van der Waals surface area (Å²) in [5, 5.41) is 8.72. The van der Waals surface area contributed by atoms with Crippen LogP contribution in [-0.2, 0) is 4.79 Å². The number of hydrogen-bond acceptors (Lipinski definition) is 2. The summed E-state index contributed by atoms with van der Waals surface area (Å²) in [6.45, 7) is 2.65. The third-order valence-corrected chi connectivity index (χ3v) is 7.44. The van der Waals surface area contributed by atoms with Crippen molar-refractivity contribution in [3.8, 4) is 5.75 Å². The molecule has 0 bridgehead atoms. The highest BCUT2D eigenvalue weighted by atomic mass is 35.7. The maximum absolute atomic E-state index is 10.6. The highest BCUT2D eigenvalue weighted by molar-refractivity contribution is 8.51. The lowest BCUT2D eigenvalue weighted by Gasteiger charge is -2.31. The number of carboxylic acid groups (broad SMARTS) is 1. The lowest BCUT2D eigenvalue weighted by molar-refractivity contribution is -0.136. The molecule has 5 heteroatoms. The van der Waals surface area contributed by atoms with E-state index in [1.54, 1.807) is 0 Å². The average Bonchev–Trinajstić information content (AvgIpc) is 2.43. The van der Waals surface area contributed by atoms with Gasteiger partial charge in [-0.15, -0.1) is 0 Å². The number of carboxylic acids is 1. The van der Waals surface area contributed by atoms with Gasteiger partial charge in [-0.2, -0.15) is 9.24 Å². The van der Waals surface area contributed by atoms with Crippen molar-refractivity contribution in [1.82, 2.24) is 0 Å². The van der Waals surface area contributed by atoms with E-state index in [0.717, 1.165) is 23.7 Å². The van der Waals surface area contributed by atoms with Gasteiger partial charge in [0, 0.05) is 5.75 Å². The average molecular weight is 305 g/mol. The molecule has 1 N–H and O–H groups in total. The zero-order valence-electron chi connectivity index (χ0n) is 11.2. The Balaban J connectivity index is 2.27. The first kappa shape index (κ1) is 16.2. The van der Waals surface area contributed by atoms with E-state index in [1.807, 2.05) is 37.3 Å². The third kappa shape index (κ3) is 6.73. The lowest BCUT2D eigenvalue weighted by atomic mass is 10.3. The number of halogens is 1. The molecule has 0 saturated heterocycles. The fourth-order valence-electron chi connectivity index (χ4n) is 1.69. The molecule has 108 valence electrons. The van der Waals surface area contributed by atoms with Gasteiger partial charge in [0.2, 0.25) is 0 Å². The molecule has 0 amide bonds. The fraction of sp³-hybridized carbons (Fsp3) is 0.500. The zero-order chi connectivity index (χ0) is 14.1. The lowest BCUT2D eigenvalue weighted by Crippen LogP contribution is -2.12. The van der Waals surface area contributed by atoms with Crippen LogP contribution in [0.5, 0.6) is 5.75 Å². The smallest absolute Gasteiger partial charge is 0.304 e. The van der Waals surface area contributed by atoms with Crippen LogP contribution in [0.1, 0.15) is 19.8 Å². The van der Waals surface area contributed by atoms with Gasteiger partial charge >= 0.3 is 5.97 Å². The zero-order valence-corrected chi connectivity index (χ0v) is 12.8. The second-order valence-electron chi connectivity index (χ2n) is 4.30.